The molecule has 1 aliphatic rings. The lowest BCUT2D eigenvalue weighted by Crippen LogP contribution is -2.28. The number of hydrogen-bond donors (Lipinski definition) is 1. The van der Waals surface area contributed by atoms with Crippen LogP contribution in [0.25, 0.3) is 0 Å². The number of rotatable bonds is 8. The van der Waals surface area contributed by atoms with Gasteiger partial charge in [0, 0.05) is 6.04 Å². The fourth-order valence-electron chi connectivity index (χ4n) is 2.61. The van der Waals surface area contributed by atoms with Gasteiger partial charge in [-0.05, 0) is 62.9 Å². The van der Waals surface area contributed by atoms with Gasteiger partial charge in [-0.1, -0.05) is 13.8 Å². The van der Waals surface area contributed by atoms with Crippen LogP contribution in [0, 0.1) is 0 Å². The normalized spacial score (nSPS) is 21.9. The van der Waals surface area contributed by atoms with Crippen molar-refractivity contribution in [3.63, 3.8) is 0 Å². The Bertz CT molecular complexity index is 377. The number of benzene rings is 1. The summed E-state index contributed by atoms with van der Waals surface area (Å²) in [5.74, 6) is 1.88. The highest BCUT2D eigenvalue weighted by atomic mass is 16.5. The van der Waals surface area contributed by atoms with Crippen molar-refractivity contribution in [2.75, 3.05) is 13.2 Å². The molecule has 112 valence electrons. The van der Waals surface area contributed by atoms with Gasteiger partial charge in [-0.3, -0.25) is 0 Å². The van der Waals surface area contributed by atoms with E-state index in [1.165, 1.54) is 12.8 Å². The summed E-state index contributed by atoms with van der Waals surface area (Å²) >= 11 is 0. The van der Waals surface area contributed by atoms with Crippen molar-refractivity contribution in [2.24, 2.45) is 0 Å². The van der Waals surface area contributed by atoms with Crippen LogP contribution in [0.15, 0.2) is 24.3 Å². The third-order valence-corrected chi connectivity index (χ3v) is 3.67. The van der Waals surface area contributed by atoms with E-state index in [0.29, 0.717) is 12.1 Å². The first-order valence-electron chi connectivity index (χ1n) is 7.94. The SMILES string of the molecule is CCCNC1CCC(Oc2ccc(OCCC)cc2)C1. The Hall–Kier alpha value is -1.22. The number of nitrogens with one attached hydrogen (secondary N) is 1. The van der Waals surface area contributed by atoms with Gasteiger partial charge in [-0.15, -0.1) is 0 Å². The van der Waals surface area contributed by atoms with E-state index in [2.05, 4.69) is 19.2 Å². The Morgan fingerprint density at radius 1 is 1.05 bits per heavy atom. The van der Waals surface area contributed by atoms with E-state index in [1.807, 2.05) is 24.3 Å². The molecule has 0 aliphatic heterocycles. The highest BCUT2D eigenvalue weighted by Crippen LogP contribution is 2.26. The smallest absolute Gasteiger partial charge is 0.119 e. The van der Waals surface area contributed by atoms with E-state index < -0.39 is 0 Å². The van der Waals surface area contributed by atoms with Crippen LogP contribution in [-0.4, -0.2) is 25.3 Å². The predicted molar refractivity (Wildman–Crippen MR) is 82.6 cm³/mol. The standard InChI is InChI=1S/C17H27NO2/c1-3-11-18-14-5-6-17(13-14)20-16-9-7-15(8-10-16)19-12-4-2/h7-10,14,17-18H,3-6,11-13H2,1-2H3. The zero-order chi connectivity index (χ0) is 14.2. The van der Waals surface area contributed by atoms with Crippen molar-refractivity contribution in [3.05, 3.63) is 24.3 Å². The van der Waals surface area contributed by atoms with Crippen LogP contribution < -0.4 is 14.8 Å². The molecule has 3 nitrogen and oxygen atoms in total. The first-order chi connectivity index (χ1) is 9.81. The summed E-state index contributed by atoms with van der Waals surface area (Å²) in [6.07, 6.45) is 6.08. The molecule has 3 heteroatoms. The van der Waals surface area contributed by atoms with Gasteiger partial charge in [-0.2, -0.15) is 0 Å². The molecule has 0 heterocycles. The van der Waals surface area contributed by atoms with Gasteiger partial charge in [0.05, 0.1) is 6.61 Å². The average Bonchev–Trinajstić information content (AvgIpc) is 2.92. The number of ether oxygens (including phenoxy) is 2. The summed E-state index contributed by atoms with van der Waals surface area (Å²) in [4.78, 5) is 0. The van der Waals surface area contributed by atoms with Crippen LogP contribution in [0.5, 0.6) is 11.5 Å². The minimum atomic E-state index is 0.353. The summed E-state index contributed by atoms with van der Waals surface area (Å²) in [7, 11) is 0. The van der Waals surface area contributed by atoms with E-state index in [4.69, 9.17) is 9.47 Å². The minimum Gasteiger partial charge on any atom is -0.494 e. The van der Waals surface area contributed by atoms with Crippen LogP contribution >= 0.6 is 0 Å². The highest BCUT2D eigenvalue weighted by Gasteiger charge is 2.25. The molecule has 0 amide bonds. The summed E-state index contributed by atoms with van der Waals surface area (Å²) in [6, 6.07) is 8.64. The Labute approximate surface area is 122 Å². The predicted octanol–water partition coefficient (Wildman–Crippen LogP) is 3.77. The minimum absolute atomic E-state index is 0.353. The van der Waals surface area contributed by atoms with Gasteiger partial charge in [0.15, 0.2) is 0 Å². The summed E-state index contributed by atoms with van der Waals surface area (Å²) in [5, 5.41) is 3.58. The Kier molecular flexibility index (Phi) is 6.19. The lowest BCUT2D eigenvalue weighted by atomic mass is 10.2. The first-order valence-corrected chi connectivity index (χ1v) is 7.94. The van der Waals surface area contributed by atoms with Crippen molar-refractivity contribution in [1.29, 1.82) is 0 Å². The summed E-state index contributed by atoms with van der Waals surface area (Å²) in [5.41, 5.74) is 0. The van der Waals surface area contributed by atoms with Gasteiger partial charge in [-0.25, -0.2) is 0 Å². The largest absolute Gasteiger partial charge is 0.494 e. The van der Waals surface area contributed by atoms with Crippen LogP contribution in [0.3, 0.4) is 0 Å². The van der Waals surface area contributed by atoms with Gasteiger partial charge in [0.25, 0.3) is 0 Å². The second-order valence-corrected chi connectivity index (χ2v) is 5.52. The van der Waals surface area contributed by atoms with Crippen molar-refractivity contribution in [3.8, 4) is 11.5 Å². The second-order valence-electron chi connectivity index (χ2n) is 5.52. The summed E-state index contributed by atoms with van der Waals surface area (Å²) in [6.45, 7) is 6.20. The number of hydrogen-bond acceptors (Lipinski definition) is 3. The molecule has 1 N–H and O–H groups in total. The van der Waals surface area contributed by atoms with E-state index >= 15 is 0 Å². The topological polar surface area (TPSA) is 30.5 Å². The molecule has 1 aromatic carbocycles. The molecule has 0 bridgehead atoms. The Balaban J connectivity index is 1.76. The first kappa shape index (κ1) is 15.2. The van der Waals surface area contributed by atoms with E-state index in [1.54, 1.807) is 0 Å². The Morgan fingerprint density at radius 2 is 1.80 bits per heavy atom. The molecule has 1 aliphatic carbocycles. The molecule has 0 aromatic heterocycles. The van der Waals surface area contributed by atoms with Crippen LogP contribution in [-0.2, 0) is 0 Å². The average molecular weight is 277 g/mol. The van der Waals surface area contributed by atoms with E-state index in [0.717, 1.165) is 43.9 Å². The van der Waals surface area contributed by atoms with E-state index in [-0.39, 0.29) is 0 Å². The molecular formula is C17H27NO2. The lowest BCUT2D eigenvalue weighted by Gasteiger charge is -2.15. The molecule has 1 fully saturated rings. The zero-order valence-electron chi connectivity index (χ0n) is 12.7. The maximum Gasteiger partial charge on any atom is 0.119 e. The molecule has 2 rings (SSSR count). The van der Waals surface area contributed by atoms with Crippen molar-refractivity contribution in [2.45, 2.75) is 58.1 Å². The van der Waals surface area contributed by atoms with Gasteiger partial charge < -0.3 is 14.8 Å². The molecule has 2 atom stereocenters. The van der Waals surface area contributed by atoms with Gasteiger partial charge in [0.1, 0.15) is 17.6 Å². The maximum atomic E-state index is 6.05. The molecule has 2 unspecified atom stereocenters. The van der Waals surface area contributed by atoms with Gasteiger partial charge in [0.2, 0.25) is 0 Å². The third kappa shape index (κ3) is 4.71. The molecule has 1 aromatic rings. The fraction of sp³-hybridized carbons (Fsp3) is 0.647. The summed E-state index contributed by atoms with van der Waals surface area (Å²) < 4.78 is 11.6. The monoisotopic (exact) mass is 277 g/mol. The molecule has 0 radical (unpaired) electrons. The second kappa shape index (κ2) is 8.15. The molecular weight excluding hydrogens is 250 g/mol. The molecule has 0 saturated heterocycles. The zero-order valence-corrected chi connectivity index (χ0v) is 12.7. The van der Waals surface area contributed by atoms with Crippen molar-refractivity contribution in [1.82, 2.24) is 5.32 Å². The molecule has 1 saturated carbocycles. The van der Waals surface area contributed by atoms with Crippen LogP contribution in [0.2, 0.25) is 0 Å². The van der Waals surface area contributed by atoms with E-state index in [9.17, 15) is 0 Å². The highest BCUT2D eigenvalue weighted by molar-refractivity contribution is 5.31. The lowest BCUT2D eigenvalue weighted by molar-refractivity contribution is 0.206. The molecule has 0 spiro atoms. The van der Waals surface area contributed by atoms with Crippen molar-refractivity contribution >= 4 is 0 Å². The maximum absolute atomic E-state index is 6.05. The third-order valence-electron chi connectivity index (χ3n) is 3.67. The quantitative estimate of drug-likeness (QED) is 0.784. The van der Waals surface area contributed by atoms with Crippen LogP contribution in [0.1, 0.15) is 46.0 Å². The Morgan fingerprint density at radius 3 is 2.50 bits per heavy atom. The molecule has 20 heavy (non-hydrogen) atoms. The fourth-order valence-corrected chi connectivity index (χ4v) is 2.61. The van der Waals surface area contributed by atoms with Crippen LogP contribution in [0.4, 0.5) is 0 Å². The van der Waals surface area contributed by atoms with Gasteiger partial charge >= 0.3 is 0 Å². The van der Waals surface area contributed by atoms with Crippen molar-refractivity contribution < 1.29 is 9.47 Å².